The molecule has 0 atom stereocenters. The quantitative estimate of drug-likeness (QED) is 0.303. The van der Waals surface area contributed by atoms with E-state index >= 15 is 0 Å². The Hall–Kier alpha value is -4.79. The van der Waals surface area contributed by atoms with Gasteiger partial charge in [0.25, 0.3) is 0 Å². The lowest BCUT2D eigenvalue weighted by atomic mass is 10.0. The molecular weight excluding hydrogens is 462 g/mol. The summed E-state index contributed by atoms with van der Waals surface area (Å²) in [6.07, 6.45) is 0. The second-order valence-corrected chi connectivity index (χ2v) is 8.17. The van der Waals surface area contributed by atoms with Crippen LogP contribution < -0.4 is 9.47 Å². The largest absolute Gasteiger partial charge is 0.507 e. The molecule has 36 heavy (non-hydrogen) atoms. The van der Waals surface area contributed by atoms with Crippen LogP contribution in [0.5, 0.6) is 23.0 Å². The smallest absolute Gasteiger partial charge is 0.308 e. The lowest BCUT2D eigenvalue weighted by Crippen LogP contribution is -2.03. The molecule has 0 amide bonds. The van der Waals surface area contributed by atoms with Crippen molar-refractivity contribution in [3.8, 4) is 57.2 Å². The number of carbonyl (C=O) groups is 2. The second-order valence-electron chi connectivity index (χ2n) is 8.17. The van der Waals surface area contributed by atoms with Crippen LogP contribution >= 0.6 is 0 Å². The zero-order valence-corrected chi connectivity index (χ0v) is 20.1. The van der Waals surface area contributed by atoms with Gasteiger partial charge in [-0.1, -0.05) is 23.8 Å². The first-order valence-corrected chi connectivity index (χ1v) is 11.0. The molecule has 1 aromatic heterocycles. The molecule has 3 aromatic carbocycles. The number of nitrogens with zero attached hydrogens (tertiary/aromatic N) is 3. The zero-order chi connectivity index (χ0) is 26.0. The fraction of sp³-hybridized carbons (Fsp3) is 0.148. The summed E-state index contributed by atoms with van der Waals surface area (Å²) < 4.78 is 10.1. The van der Waals surface area contributed by atoms with Crippen molar-refractivity contribution < 1.29 is 29.3 Å². The van der Waals surface area contributed by atoms with Crippen LogP contribution in [0.15, 0.2) is 54.6 Å². The normalized spacial score (nSPS) is 10.7. The minimum absolute atomic E-state index is 0.144. The van der Waals surface area contributed by atoms with E-state index in [4.69, 9.17) is 9.47 Å². The zero-order valence-electron chi connectivity index (χ0n) is 20.1. The number of hydrogen-bond donors (Lipinski definition) is 2. The third-order valence-electron chi connectivity index (χ3n) is 5.20. The van der Waals surface area contributed by atoms with Crippen LogP contribution in [-0.2, 0) is 9.59 Å². The molecule has 0 aliphatic rings. The molecule has 0 radical (unpaired) electrons. The molecule has 0 unspecified atom stereocenters. The highest BCUT2D eigenvalue weighted by Gasteiger charge is 2.18. The lowest BCUT2D eigenvalue weighted by Gasteiger charge is -2.12. The Balaban J connectivity index is 1.89. The molecule has 0 aliphatic carbocycles. The van der Waals surface area contributed by atoms with E-state index in [1.54, 1.807) is 0 Å². The van der Waals surface area contributed by atoms with Crippen molar-refractivity contribution >= 4 is 11.9 Å². The van der Waals surface area contributed by atoms with E-state index in [1.165, 1.54) is 50.2 Å². The highest BCUT2D eigenvalue weighted by atomic mass is 16.5. The van der Waals surface area contributed by atoms with Crippen LogP contribution in [0.3, 0.4) is 0 Å². The second kappa shape index (κ2) is 9.83. The summed E-state index contributed by atoms with van der Waals surface area (Å²) in [6, 6.07) is 14.5. The highest BCUT2D eigenvalue weighted by Crippen LogP contribution is 2.36. The SMILES string of the molecule is CC(=O)Oc1ccc(-c2nc(-c3ccc(C)cc3C)nc(-c3ccc(OC(C)=O)cc3O)n2)c(O)c1. The fourth-order valence-corrected chi connectivity index (χ4v) is 3.66. The molecule has 0 saturated carbocycles. The number of phenolic OH excluding ortho intramolecular Hbond substituents is 2. The van der Waals surface area contributed by atoms with Crippen LogP contribution in [-0.4, -0.2) is 37.1 Å². The third kappa shape index (κ3) is 5.30. The Labute approximate surface area is 207 Å². The Bertz CT molecular complexity index is 1420. The Kier molecular flexibility index (Phi) is 6.64. The van der Waals surface area contributed by atoms with Gasteiger partial charge in [0.1, 0.15) is 23.0 Å². The van der Waals surface area contributed by atoms with E-state index in [1.807, 2.05) is 32.0 Å². The van der Waals surface area contributed by atoms with E-state index in [2.05, 4.69) is 15.0 Å². The molecule has 4 aromatic rings. The van der Waals surface area contributed by atoms with Gasteiger partial charge in [-0.25, -0.2) is 15.0 Å². The van der Waals surface area contributed by atoms with Gasteiger partial charge in [-0.3, -0.25) is 9.59 Å². The van der Waals surface area contributed by atoms with Crippen molar-refractivity contribution in [2.75, 3.05) is 0 Å². The molecule has 1 heterocycles. The van der Waals surface area contributed by atoms with Gasteiger partial charge in [0, 0.05) is 31.5 Å². The van der Waals surface area contributed by atoms with E-state index in [9.17, 15) is 19.8 Å². The molecule has 0 aliphatic heterocycles. The van der Waals surface area contributed by atoms with Crippen molar-refractivity contribution in [1.82, 2.24) is 15.0 Å². The van der Waals surface area contributed by atoms with Gasteiger partial charge >= 0.3 is 11.9 Å². The van der Waals surface area contributed by atoms with Gasteiger partial charge in [0.05, 0.1) is 11.1 Å². The molecule has 0 bridgehead atoms. The average molecular weight is 485 g/mol. The summed E-state index contributed by atoms with van der Waals surface area (Å²) in [5.74, 6) is -0.477. The first-order valence-electron chi connectivity index (χ1n) is 11.0. The van der Waals surface area contributed by atoms with Gasteiger partial charge in [0.15, 0.2) is 17.5 Å². The molecule has 9 heteroatoms. The van der Waals surface area contributed by atoms with Crippen molar-refractivity contribution in [1.29, 1.82) is 0 Å². The van der Waals surface area contributed by atoms with Gasteiger partial charge in [-0.15, -0.1) is 0 Å². The maximum Gasteiger partial charge on any atom is 0.308 e. The Morgan fingerprint density at radius 1 is 0.639 bits per heavy atom. The molecule has 9 nitrogen and oxygen atoms in total. The standard InChI is InChI=1S/C27H23N3O6/c1-14-5-8-20(15(2)11-14)25-28-26(21-9-6-18(12-23(21)33)35-16(3)31)30-27(29-25)22-10-7-19(13-24(22)34)36-17(4)32/h5-13,33-34H,1-4H3. The summed E-state index contributed by atoms with van der Waals surface area (Å²) in [4.78, 5) is 36.2. The van der Waals surface area contributed by atoms with E-state index in [0.717, 1.165) is 16.7 Å². The van der Waals surface area contributed by atoms with E-state index in [-0.39, 0.29) is 45.8 Å². The Morgan fingerprint density at radius 3 is 1.44 bits per heavy atom. The number of rotatable bonds is 5. The average Bonchev–Trinajstić information content (AvgIpc) is 2.78. The van der Waals surface area contributed by atoms with Crippen LogP contribution in [0, 0.1) is 13.8 Å². The number of aryl methyl sites for hydroxylation is 2. The van der Waals surface area contributed by atoms with Crippen LogP contribution in [0.2, 0.25) is 0 Å². The fourth-order valence-electron chi connectivity index (χ4n) is 3.66. The number of ether oxygens (including phenoxy) is 2. The monoisotopic (exact) mass is 485 g/mol. The van der Waals surface area contributed by atoms with Crippen LogP contribution in [0.1, 0.15) is 25.0 Å². The Morgan fingerprint density at radius 2 is 1.06 bits per heavy atom. The van der Waals surface area contributed by atoms with Crippen LogP contribution in [0.25, 0.3) is 34.2 Å². The van der Waals surface area contributed by atoms with Crippen molar-refractivity contribution in [3.63, 3.8) is 0 Å². The van der Waals surface area contributed by atoms with Gasteiger partial charge in [-0.2, -0.15) is 0 Å². The number of aromatic nitrogens is 3. The van der Waals surface area contributed by atoms with E-state index < -0.39 is 11.9 Å². The molecule has 0 saturated heterocycles. The molecule has 182 valence electrons. The predicted molar refractivity (Wildman–Crippen MR) is 132 cm³/mol. The molecule has 4 rings (SSSR count). The topological polar surface area (TPSA) is 132 Å². The molecule has 0 spiro atoms. The number of aromatic hydroxyl groups is 2. The molecular formula is C27H23N3O6. The first kappa shape index (κ1) is 24.3. The molecule has 2 N–H and O–H groups in total. The summed E-state index contributed by atoms with van der Waals surface area (Å²) in [5.41, 5.74) is 3.30. The van der Waals surface area contributed by atoms with E-state index in [0.29, 0.717) is 5.82 Å². The number of esters is 2. The van der Waals surface area contributed by atoms with Crippen LogP contribution in [0.4, 0.5) is 0 Å². The minimum Gasteiger partial charge on any atom is -0.507 e. The van der Waals surface area contributed by atoms with Crippen molar-refractivity contribution in [2.24, 2.45) is 0 Å². The molecule has 0 fully saturated rings. The van der Waals surface area contributed by atoms with Gasteiger partial charge < -0.3 is 19.7 Å². The van der Waals surface area contributed by atoms with Gasteiger partial charge in [-0.05, 0) is 43.7 Å². The number of carbonyl (C=O) groups excluding carboxylic acids is 2. The number of benzene rings is 3. The lowest BCUT2D eigenvalue weighted by molar-refractivity contribution is -0.132. The number of hydrogen-bond acceptors (Lipinski definition) is 9. The summed E-state index contributed by atoms with van der Waals surface area (Å²) in [6.45, 7) is 6.44. The summed E-state index contributed by atoms with van der Waals surface area (Å²) in [5, 5.41) is 21.3. The van der Waals surface area contributed by atoms with Gasteiger partial charge in [0.2, 0.25) is 0 Å². The van der Waals surface area contributed by atoms with Crippen molar-refractivity contribution in [2.45, 2.75) is 27.7 Å². The maximum absolute atomic E-state index is 11.3. The number of phenols is 2. The summed E-state index contributed by atoms with van der Waals surface area (Å²) >= 11 is 0. The first-order chi connectivity index (χ1) is 17.1. The third-order valence-corrected chi connectivity index (χ3v) is 5.20. The minimum atomic E-state index is -0.519. The maximum atomic E-state index is 11.3. The summed E-state index contributed by atoms with van der Waals surface area (Å²) in [7, 11) is 0. The van der Waals surface area contributed by atoms with Crippen molar-refractivity contribution in [3.05, 3.63) is 65.7 Å². The predicted octanol–water partition coefficient (Wildman–Crippen LogP) is 4.75. The highest BCUT2D eigenvalue weighted by molar-refractivity contribution is 5.75.